The Morgan fingerprint density at radius 1 is 1.39 bits per heavy atom. The molecule has 0 aliphatic carbocycles. The third-order valence-corrected chi connectivity index (χ3v) is 3.84. The summed E-state index contributed by atoms with van der Waals surface area (Å²) in [6.45, 7) is 5.97. The normalized spacial score (nSPS) is 14.4. The number of ether oxygens (including phenoxy) is 1. The summed E-state index contributed by atoms with van der Waals surface area (Å²) in [6, 6.07) is 5.60. The topological polar surface area (TPSA) is 29.5 Å². The maximum Gasteiger partial charge on any atom is 0.183 e. The summed E-state index contributed by atoms with van der Waals surface area (Å²) in [5.41, 5.74) is 1.27. The van der Waals surface area contributed by atoms with E-state index in [0.717, 1.165) is 23.3 Å². The molecule has 3 nitrogen and oxygen atoms in total. The highest BCUT2D eigenvalue weighted by atomic mass is 16.5. The van der Waals surface area contributed by atoms with E-state index >= 15 is 0 Å². The van der Waals surface area contributed by atoms with Gasteiger partial charge in [-0.2, -0.15) is 0 Å². The molecule has 0 aliphatic heterocycles. The van der Waals surface area contributed by atoms with E-state index in [2.05, 4.69) is 0 Å². The fraction of sp³-hybridized carbons (Fsp3) is 0.533. The summed E-state index contributed by atoms with van der Waals surface area (Å²) < 4.78 is 5.17. The molecule has 0 aliphatic rings. The Morgan fingerprint density at radius 3 is 2.39 bits per heavy atom. The number of hydrogen-bond acceptors (Lipinski definition) is 3. The number of benzene rings is 1. The van der Waals surface area contributed by atoms with Gasteiger partial charge in [0, 0.05) is 5.56 Å². The summed E-state index contributed by atoms with van der Waals surface area (Å²) in [5.74, 6) is 0.947. The first-order valence-electron chi connectivity index (χ1n) is 6.23. The quantitative estimate of drug-likeness (QED) is 0.751. The van der Waals surface area contributed by atoms with E-state index in [4.69, 9.17) is 4.74 Å². The molecule has 1 atom stereocenters. The number of Topliss-reactive ketones (excluding diaryl/α,β-unsaturated/α-hetero) is 1. The van der Waals surface area contributed by atoms with Gasteiger partial charge in [0.05, 0.1) is 12.6 Å². The van der Waals surface area contributed by atoms with Crippen LogP contribution in [0.5, 0.6) is 5.75 Å². The monoisotopic (exact) mass is 249 g/mol. The van der Waals surface area contributed by atoms with Gasteiger partial charge in [-0.25, -0.2) is 0 Å². The van der Waals surface area contributed by atoms with E-state index in [-0.39, 0.29) is 5.78 Å². The second kappa shape index (κ2) is 5.53. The van der Waals surface area contributed by atoms with Crippen LogP contribution in [0.1, 0.15) is 36.2 Å². The van der Waals surface area contributed by atoms with E-state index in [0.29, 0.717) is 0 Å². The molecule has 1 aromatic rings. The molecule has 0 fully saturated rings. The molecule has 3 heteroatoms. The maximum absolute atomic E-state index is 12.7. The highest BCUT2D eigenvalue weighted by Gasteiger charge is 2.34. The number of hydrogen-bond donors (Lipinski definition) is 0. The van der Waals surface area contributed by atoms with Crippen molar-refractivity contribution in [3.8, 4) is 5.75 Å². The second-order valence-electron chi connectivity index (χ2n) is 5.03. The van der Waals surface area contributed by atoms with Gasteiger partial charge in [0.2, 0.25) is 0 Å². The van der Waals surface area contributed by atoms with E-state index in [9.17, 15) is 4.79 Å². The zero-order valence-corrected chi connectivity index (χ0v) is 12.2. The third-order valence-electron chi connectivity index (χ3n) is 3.84. The van der Waals surface area contributed by atoms with Crippen molar-refractivity contribution < 1.29 is 9.53 Å². The first-order valence-corrected chi connectivity index (χ1v) is 6.23. The highest BCUT2D eigenvalue weighted by Crippen LogP contribution is 2.26. The van der Waals surface area contributed by atoms with Gasteiger partial charge in [-0.15, -0.1) is 0 Å². The molecule has 0 saturated carbocycles. The molecule has 0 saturated heterocycles. The van der Waals surface area contributed by atoms with Crippen LogP contribution in [-0.4, -0.2) is 37.4 Å². The zero-order valence-electron chi connectivity index (χ0n) is 12.2. The number of likely N-dealkylation sites (N-methyl/N-ethyl adjacent to an activating group) is 1. The lowest BCUT2D eigenvalue weighted by Gasteiger charge is -2.34. The largest absolute Gasteiger partial charge is 0.497 e. The number of nitrogens with zero attached hydrogens (tertiary/aromatic N) is 1. The molecule has 0 heterocycles. The van der Waals surface area contributed by atoms with Crippen molar-refractivity contribution in [2.45, 2.75) is 32.7 Å². The Bertz CT molecular complexity index is 440. The summed E-state index contributed by atoms with van der Waals surface area (Å²) >= 11 is 0. The molecule has 18 heavy (non-hydrogen) atoms. The Balaban J connectivity index is 3.18. The fourth-order valence-corrected chi connectivity index (χ4v) is 1.99. The van der Waals surface area contributed by atoms with Crippen LogP contribution in [0.25, 0.3) is 0 Å². The number of carbonyl (C=O) groups is 1. The lowest BCUT2D eigenvalue weighted by molar-refractivity contribution is 0.0710. The van der Waals surface area contributed by atoms with Gasteiger partial charge in [-0.3, -0.25) is 9.69 Å². The number of carbonyl (C=O) groups excluding carboxylic acids is 1. The highest BCUT2D eigenvalue weighted by molar-refractivity contribution is 6.04. The molecule has 0 bridgehead atoms. The maximum atomic E-state index is 12.7. The zero-order chi connectivity index (χ0) is 13.9. The Morgan fingerprint density at radius 2 is 2.00 bits per heavy atom. The summed E-state index contributed by atoms with van der Waals surface area (Å²) in [5, 5.41) is 0. The van der Waals surface area contributed by atoms with Crippen LogP contribution in [-0.2, 0) is 0 Å². The molecule has 1 aromatic carbocycles. The minimum atomic E-state index is -0.459. The number of ketones is 1. The summed E-state index contributed by atoms with van der Waals surface area (Å²) in [7, 11) is 5.52. The molecule has 0 amide bonds. The number of rotatable bonds is 5. The molecule has 0 spiro atoms. The lowest BCUT2D eigenvalue weighted by atomic mass is 9.86. The van der Waals surface area contributed by atoms with E-state index in [1.165, 1.54) is 0 Å². The average molecular weight is 249 g/mol. The van der Waals surface area contributed by atoms with Crippen LogP contribution in [0, 0.1) is 6.92 Å². The predicted octanol–water partition coefficient (Wildman–Crippen LogP) is 2.92. The van der Waals surface area contributed by atoms with Crippen LogP contribution < -0.4 is 4.74 Å². The van der Waals surface area contributed by atoms with Gasteiger partial charge in [0.25, 0.3) is 0 Å². The fourth-order valence-electron chi connectivity index (χ4n) is 1.99. The van der Waals surface area contributed by atoms with Crippen molar-refractivity contribution in [1.29, 1.82) is 0 Å². The molecule has 1 rings (SSSR count). The van der Waals surface area contributed by atoms with Gasteiger partial charge in [0.15, 0.2) is 5.78 Å². The van der Waals surface area contributed by atoms with Gasteiger partial charge in [-0.05, 0) is 58.1 Å². The third kappa shape index (κ3) is 2.56. The Labute approximate surface area is 110 Å². The summed E-state index contributed by atoms with van der Waals surface area (Å²) in [6.07, 6.45) is 0.782. The molecule has 0 N–H and O–H groups in total. The lowest BCUT2D eigenvalue weighted by Crippen LogP contribution is -2.48. The van der Waals surface area contributed by atoms with Gasteiger partial charge >= 0.3 is 0 Å². The van der Waals surface area contributed by atoms with Crippen LogP contribution in [0.4, 0.5) is 0 Å². The average Bonchev–Trinajstić information content (AvgIpc) is 2.36. The predicted molar refractivity (Wildman–Crippen MR) is 74.4 cm³/mol. The number of methoxy groups -OCH3 is 1. The number of aryl methyl sites for hydroxylation is 1. The van der Waals surface area contributed by atoms with Crippen molar-refractivity contribution in [3.05, 3.63) is 29.3 Å². The van der Waals surface area contributed by atoms with Crippen molar-refractivity contribution in [3.63, 3.8) is 0 Å². The second-order valence-corrected chi connectivity index (χ2v) is 5.03. The minimum absolute atomic E-state index is 0.162. The molecular weight excluding hydrogens is 226 g/mol. The van der Waals surface area contributed by atoms with Crippen molar-refractivity contribution in [1.82, 2.24) is 4.90 Å². The van der Waals surface area contributed by atoms with Gasteiger partial charge < -0.3 is 4.74 Å². The minimum Gasteiger partial charge on any atom is -0.497 e. The van der Waals surface area contributed by atoms with Crippen molar-refractivity contribution in [2.24, 2.45) is 0 Å². The molecule has 0 aromatic heterocycles. The molecule has 1 unspecified atom stereocenters. The van der Waals surface area contributed by atoms with Crippen molar-refractivity contribution >= 4 is 5.78 Å². The molecule has 100 valence electrons. The standard InChI is InChI=1S/C15H23NO2/c1-7-15(3,16(4)5)14(17)13-9-8-12(18-6)10-11(13)2/h8-10H,7H2,1-6H3. The summed E-state index contributed by atoms with van der Waals surface area (Å²) in [4.78, 5) is 14.7. The van der Waals surface area contributed by atoms with E-state index in [1.54, 1.807) is 7.11 Å². The molecular formula is C15H23NO2. The van der Waals surface area contributed by atoms with Crippen LogP contribution >= 0.6 is 0 Å². The van der Waals surface area contributed by atoms with Gasteiger partial charge in [0.1, 0.15) is 5.75 Å². The Hall–Kier alpha value is -1.35. The Kier molecular flexibility index (Phi) is 4.52. The van der Waals surface area contributed by atoms with Crippen LogP contribution in [0.15, 0.2) is 18.2 Å². The van der Waals surface area contributed by atoms with Gasteiger partial charge in [-0.1, -0.05) is 6.92 Å². The van der Waals surface area contributed by atoms with E-state index < -0.39 is 5.54 Å². The first-order chi connectivity index (χ1) is 8.36. The first kappa shape index (κ1) is 14.7. The smallest absolute Gasteiger partial charge is 0.183 e. The van der Waals surface area contributed by atoms with E-state index in [1.807, 2.05) is 58.0 Å². The van der Waals surface area contributed by atoms with Crippen LogP contribution in [0.3, 0.4) is 0 Å². The molecule has 0 radical (unpaired) electrons. The van der Waals surface area contributed by atoms with Crippen LogP contribution in [0.2, 0.25) is 0 Å². The van der Waals surface area contributed by atoms with Crippen molar-refractivity contribution in [2.75, 3.05) is 21.2 Å². The SMILES string of the molecule is CCC(C)(C(=O)c1ccc(OC)cc1C)N(C)C.